The molecular formula is C11H18N2O. The minimum absolute atomic E-state index is 0.00449. The van der Waals surface area contributed by atoms with Gasteiger partial charge in [0.25, 0.3) is 0 Å². The van der Waals surface area contributed by atoms with Crippen molar-refractivity contribution in [3.05, 3.63) is 0 Å². The highest BCUT2D eigenvalue weighted by atomic mass is 16.2. The van der Waals surface area contributed by atoms with Gasteiger partial charge in [0.15, 0.2) is 0 Å². The quantitative estimate of drug-likeness (QED) is 0.659. The Morgan fingerprint density at radius 3 is 2.57 bits per heavy atom. The van der Waals surface area contributed by atoms with Gasteiger partial charge >= 0.3 is 0 Å². The first kappa shape index (κ1) is 11.1. The first-order valence-electron chi connectivity index (χ1n) is 5.08. The highest BCUT2D eigenvalue weighted by Gasteiger charge is 2.36. The summed E-state index contributed by atoms with van der Waals surface area (Å²) in [4.78, 5) is 13.5. The number of terminal acetylenes is 1. The van der Waals surface area contributed by atoms with Gasteiger partial charge < -0.3 is 10.6 Å². The molecule has 0 aromatic rings. The van der Waals surface area contributed by atoms with Crippen molar-refractivity contribution in [3.8, 4) is 12.3 Å². The largest absolute Gasteiger partial charge is 0.333 e. The highest BCUT2D eigenvalue weighted by Crippen LogP contribution is 2.27. The van der Waals surface area contributed by atoms with E-state index in [0.29, 0.717) is 6.54 Å². The van der Waals surface area contributed by atoms with Crippen LogP contribution in [0.5, 0.6) is 0 Å². The molecule has 1 amide bonds. The van der Waals surface area contributed by atoms with Crippen molar-refractivity contribution >= 4 is 5.91 Å². The first-order valence-corrected chi connectivity index (χ1v) is 5.08. The summed E-state index contributed by atoms with van der Waals surface area (Å²) < 4.78 is 0. The van der Waals surface area contributed by atoms with E-state index in [2.05, 4.69) is 5.92 Å². The van der Waals surface area contributed by atoms with E-state index in [0.717, 1.165) is 25.7 Å². The third-order valence-electron chi connectivity index (χ3n) is 2.85. The van der Waals surface area contributed by atoms with Crippen LogP contribution in [0.25, 0.3) is 0 Å². The van der Waals surface area contributed by atoms with Crippen LogP contribution in [0.3, 0.4) is 0 Å². The maximum atomic E-state index is 11.9. The molecule has 0 spiro atoms. The van der Waals surface area contributed by atoms with Crippen molar-refractivity contribution in [1.29, 1.82) is 0 Å². The fraction of sp³-hybridized carbons (Fsp3) is 0.727. The molecule has 0 aliphatic heterocycles. The summed E-state index contributed by atoms with van der Waals surface area (Å²) in [5.74, 6) is 2.45. The van der Waals surface area contributed by atoms with Crippen molar-refractivity contribution in [1.82, 2.24) is 4.90 Å². The number of nitrogens with zero attached hydrogens (tertiary/aromatic N) is 1. The van der Waals surface area contributed by atoms with Gasteiger partial charge in [0, 0.05) is 7.05 Å². The number of rotatable bonds is 2. The van der Waals surface area contributed by atoms with Gasteiger partial charge in [-0.25, -0.2) is 0 Å². The Morgan fingerprint density at radius 1 is 1.50 bits per heavy atom. The van der Waals surface area contributed by atoms with Gasteiger partial charge in [-0.1, -0.05) is 25.2 Å². The zero-order valence-corrected chi connectivity index (χ0v) is 8.75. The molecule has 0 saturated heterocycles. The monoisotopic (exact) mass is 194 g/mol. The minimum atomic E-state index is -0.649. The molecule has 1 rings (SSSR count). The number of amides is 1. The van der Waals surface area contributed by atoms with E-state index in [1.807, 2.05) is 0 Å². The standard InChI is InChI=1S/C11H18N2O/c1-3-9-13(2)10(14)11(12)7-5-4-6-8-11/h1H,4-9,12H2,2H3. The summed E-state index contributed by atoms with van der Waals surface area (Å²) in [6.45, 7) is 0.345. The molecule has 1 aliphatic carbocycles. The summed E-state index contributed by atoms with van der Waals surface area (Å²) in [7, 11) is 1.71. The Morgan fingerprint density at radius 2 is 2.07 bits per heavy atom. The molecule has 1 fully saturated rings. The number of carbonyl (C=O) groups excluding carboxylic acids is 1. The summed E-state index contributed by atoms with van der Waals surface area (Å²) in [6, 6.07) is 0. The lowest BCUT2D eigenvalue weighted by Crippen LogP contribution is -2.55. The van der Waals surface area contributed by atoms with Crippen LogP contribution in [0.2, 0.25) is 0 Å². The number of nitrogens with two attached hydrogens (primary N) is 1. The van der Waals surface area contributed by atoms with E-state index in [9.17, 15) is 4.79 Å². The molecule has 14 heavy (non-hydrogen) atoms. The molecule has 2 N–H and O–H groups in total. The van der Waals surface area contributed by atoms with Crippen LogP contribution in [0.15, 0.2) is 0 Å². The molecule has 1 aliphatic rings. The molecule has 0 aromatic heterocycles. The zero-order valence-electron chi connectivity index (χ0n) is 8.75. The highest BCUT2D eigenvalue weighted by molar-refractivity contribution is 5.86. The summed E-state index contributed by atoms with van der Waals surface area (Å²) in [5.41, 5.74) is 5.43. The van der Waals surface area contributed by atoms with E-state index in [4.69, 9.17) is 12.2 Å². The molecule has 0 heterocycles. The lowest BCUT2D eigenvalue weighted by Gasteiger charge is -2.34. The second kappa shape index (κ2) is 4.47. The second-order valence-electron chi connectivity index (χ2n) is 4.08. The molecule has 3 nitrogen and oxygen atoms in total. The van der Waals surface area contributed by atoms with E-state index in [-0.39, 0.29) is 5.91 Å². The zero-order chi connectivity index (χ0) is 10.6. The fourth-order valence-corrected chi connectivity index (χ4v) is 1.99. The Kier molecular flexibility index (Phi) is 3.54. The smallest absolute Gasteiger partial charge is 0.243 e. The van der Waals surface area contributed by atoms with Crippen LogP contribution in [0.1, 0.15) is 32.1 Å². The first-order chi connectivity index (χ1) is 6.60. The summed E-state index contributed by atoms with van der Waals surface area (Å²) in [5, 5.41) is 0. The predicted octanol–water partition coefficient (Wildman–Crippen LogP) is 0.740. The molecular weight excluding hydrogens is 176 g/mol. The molecule has 3 heteroatoms. The van der Waals surface area contributed by atoms with Crippen molar-refractivity contribution in [2.75, 3.05) is 13.6 Å². The molecule has 0 bridgehead atoms. The predicted molar refractivity (Wildman–Crippen MR) is 56.5 cm³/mol. The van der Waals surface area contributed by atoms with E-state index >= 15 is 0 Å². The Hall–Kier alpha value is -1.01. The summed E-state index contributed by atoms with van der Waals surface area (Å²) in [6.07, 6.45) is 10.0. The van der Waals surface area contributed by atoms with Crippen LogP contribution < -0.4 is 5.73 Å². The van der Waals surface area contributed by atoms with Gasteiger partial charge in [0.1, 0.15) is 0 Å². The maximum absolute atomic E-state index is 11.9. The number of carbonyl (C=O) groups is 1. The average Bonchev–Trinajstić information content (AvgIpc) is 2.18. The molecule has 0 unspecified atom stereocenters. The Labute approximate surface area is 85.6 Å². The molecule has 0 atom stereocenters. The Bertz CT molecular complexity index is 249. The van der Waals surface area contributed by atoms with Crippen molar-refractivity contribution in [3.63, 3.8) is 0 Å². The van der Waals surface area contributed by atoms with Crippen LogP contribution in [0.4, 0.5) is 0 Å². The topological polar surface area (TPSA) is 46.3 Å². The number of hydrogen-bond acceptors (Lipinski definition) is 2. The Balaban J connectivity index is 2.62. The fourth-order valence-electron chi connectivity index (χ4n) is 1.99. The van der Waals surface area contributed by atoms with Crippen molar-refractivity contribution in [2.45, 2.75) is 37.6 Å². The van der Waals surface area contributed by atoms with Crippen molar-refractivity contribution < 1.29 is 4.79 Å². The summed E-state index contributed by atoms with van der Waals surface area (Å²) >= 11 is 0. The second-order valence-corrected chi connectivity index (χ2v) is 4.08. The number of hydrogen-bond donors (Lipinski definition) is 1. The minimum Gasteiger partial charge on any atom is -0.333 e. The lowest BCUT2D eigenvalue weighted by atomic mass is 9.81. The van der Waals surface area contributed by atoms with Crippen LogP contribution in [0, 0.1) is 12.3 Å². The van der Waals surface area contributed by atoms with Gasteiger partial charge in [0.2, 0.25) is 5.91 Å². The van der Waals surface area contributed by atoms with E-state index < -0.39 is 5.54 Å². The maximum Gasteiger partial charge on any atom is 0.243 e. The molecule has 78 valence electrons. The van der Waals surface area contributed by atoms with Crippen LogP contribution >= 0.6 is 0 Å². The average molecular weight is 194 g/mol. The normalized spacial score (nSPS) is 19.8. The molecule has 1 saturated carbocycles. The van der Waals surface area contributed by atoms with Crippen LogP contribution in [-0.4, -0.2) is 29.9 Å². The van der Waals surface area contributed by atoms with Gasteiger partial charge in [-0.15, -0.1) is 6.42 Å². The van der Waals surface area contributed by atoms with Crippen molar-refractivity contribution in [2.24, 2.45) is 5.73 Å². The number of likely N-dealkylation sites (N-methyl/N-ethyl adjacent to an activating group) is 1. The molecule has 0 radical (unpaired) electrons. The third kappa shape index (κ3) is 2.27. The van der Waals surface area contributed by atoms with E-state index in [1.54, 1.807) is 11.9 Å². The van der Waals surface area contributed by atoms with Gasteiger partial charge in [-0.2, -0.15) is 0 Å². The van der Waals surface area contributed by atoms with E-state index in [1.165, 1.54) is 6.42 Å². The lowest BCUT2D eigenvalue weighted by molar-refractivity contribution is -0.136. The molecule has 0 aromatic carbocycles. The third-order valence-corrected chi connectivity index (χ3v) is 2.85. The van der Waals surface area contributed by atoms with Gasteiger partial charge in [0.05, 0.1) is 12.1 Å². The van der Waals surface area contributed by atoms with Gasteiger partial charge in [-0.05, 0) is 12.8 Å². The van der Waals surface area contributed by atoms with Crippen LogP contribution in [-0.2, 0) is 4.79 Å². The van der Waals surface area contributed by atoms with Gasteiger partial charge in [-0.3, -0.25) is 4.79 Å². The SMILES string of the molecule is C#CCN(C)C(=O)C1(N)CCCCC1.